The molecule has 1 aromatic heterocycles. The predicted octanol–water partition coefficient (Wildman–Crippen LogP) is 4.28. The number of hydrazone groups is 1. The first-order valence-corrected chi connectivity index (χ1v) is 10.4. The number of nitro benzene ring substituents is 1. The second-order valence-corrected chi connectivity index (χ2v) is 8.19. The lowest BCUT2D eigenvalue weighted by Crippen LogP contribution is -2.15. The summed E-state index contributed by atoms with van der Waals surface area (Å²) in [6.07, 6.45) is 3.23. The van der Waals surface area contributed by atoms with Gasteiger partial charge in [0.05, 0.1) is 16.3 Å². The van der Waals surface area contributed by atoms with Crippen molar-refractivity contribution in [2.75, 3.05) is 10.1 Å². The van der Waals surface area contributed by atoms with E-state index in [1.165, 1.54) is 36.4 Å². The Labute approximate surface area is 177 Å². The Kier molecular flexibility index (Phi) is 6.28. The maximum Gasteiger partial charge on any atom is 0.270 e. The van der Waals surface area contributed by atoms with E-state index in [0.717, 1.165) is 11.6 Å². The van der Waals surface area contributed by atoms with Gasteiger partial charge < -0.3 is 0 Å². The minimum absolute atomic E-state index is 0.0744. The molecule has 0 saturated carbocycles. The first-order chi connectivity index (χ1) is 14.3. The number of nitrogens with one attached hydrogen (secondary N) is 2. The van der Waals surface area contributed by atoms with Crippen molar-refractivity contribution in [3.63, 3.8) is 0 Å². The topological polar surface area (TPSA) is 127 Å². The van der Waals surface area contributed by atoms with Crippen LogP contribution in [0.2, 0.25) is 5.02 Å². The van der Waals surface area contributed by atoms with E-state index < -0.39 is 14.9 Å². The Morgan fingerprint density at radius 3 is 2.53 bits per heavy atom. The van der Waals surface area contributed by atoms with Gasteiger partial charge in [-0.1, -0.05) is 17.7 Å². The monoisotopic (exact) mass is 445 g/mol. The van der Waals surface area contributed by atoms with E-state index in [9.17, 15) is 18.5 Å². The van der Waals surface area contributed by atoms with Crippen LogP contribution >= 0.6 is 11.6 Å². The summed E-state index contributed by atoms with van der Waals surface area (Å²) < 4.78 is 28.2. The van der Waals surface area contributed by atoms with Crippen LogP contribution in [-0.2, 0) is 10.0 Å². The Morgan fingerprint density at radius 2 is 1.90 bits per heavy atom. The summed E-state index contributed by atoms with van der Waals surface area (Å²) in [4.78, 5) is 14.2. The molecule has 9 nitrogen and oxygen atoms in total. The highest BCUT2D eigenvalue weighted by Crippen LogP contribution is 2.28. The van der Waals surface area contributed by atoms with Gasteiger partial charge in [0, 0.05) is 40.8 Å². The van der Waals surface area contributed by atoms with Crippen LogP contribution in [-0.4, -0.2) is 24.0 Å². The quantitative estimate of drug-likeness (QED) is 0.317. The van der Waals surface area contributed by atoms with Gasteiger partial charge in [-0.25, -0.2) is 8.42 Å². The van der Waals surface area contributed by atoms with Crippen LogP contribution in [0.1, 0.15) is 12.5 Å². The van der Waals surface area contributed by atoms with Crippen LogP contribution in [0.5, 0.6) is 0 Å². The summed E-state index contributed by atoms with van der Waals surface area (Å²) >= 11 is 5.82. The number of sulfonamides is 1. The van der Waals surface area contributed by atoms with Crippen LogP contribution < -0.4 is 10.1 Å². The predicted molar refractivity (Wildman–Crippen MR) is 115 cm³/mol. The molecule has 0 fully saturated rings. The molecule has 2 aromatic carbocycles. The van der Waals surface area contributed by atoms with Gasteiger partial charge in [0.15, 0.2) is 0 Å². The maximum atomic E-state index is 12.9. The minimum atomic E-state index is -4.17. The molecule has 0 spiro atoms. The Hall–Kier alpha value is -3.50. The van der Waals surface area contributed by atoms with E-state index in [2.05, 4.69) is 20.2 Å². The van der Waals surface area contributed by atoms with E-state index >= 15 is 0 Å². The van der Waals surface area contributed by atoms with Crippen LogP contribution in [0.3, 0.4) is 0 Å². The highest BCUT2D eigenvalue weighted by atomic mass is 35.5. The molecule has 1 heterocycles. The van der Waals surface area contributed by atoms with Crippen molar-refractivity contribution in [2.45, 2.75) is 11.8 Å². The molecule has 30 heavy (non-hydrogen) atoms. The lowest BCUT2D eigenvalue weighted by atomic mass is 10.2. The summed E-state index contributed by atoms with van der Waals surface area (Å²) in [6, 6.07) is 13.0. The highest BCUT2D eigenvalue weighted by Gasteiger charge is 2.23. The van der Waals surface area contributed by atoms with Gasteiger partial charge >= 0.3 is 0 Å². The average Bonchev–Trinajstić information content (AvgIpc) is 2.74. The van der Waals surface area contributed by atoms with Crippen molar-refractivity contribution in [1.29, 1.82) is 0 Å². The zero-order valence-electron chi connectivity index (χ0n) is 15.6. The third kappa shape index (κ3) is 5.10. The molecule has 0 bridgehead atoms. The van der Waals surface area contributed by atoms with Crippen LogP contribution in [0.4, 0.5) is 17.1 Å². The number of nitrogens with zero attached hydrogens (tertiary/aromatic N) is 3. The van der Waals surface area contributed by atoms with Crippen LogP contribution in [0.15, 0.2) is 77.0 Å². The van der Waals surface area contributed by atoms with E-state index in [1.807, 2.05) is 0 Å². The number of hydrogen-bond donors (Lipinski definition) is 2. The van der Waals surface area contributed by atoms with E-state index in [0.29, 0.717) is 10.7 Å². The summed E-state index contributed by atoms with van der Waals surface area (Å²) in [7, 11) is -4.17. The molecule has 0 saturated heterocycles. The Bertz CT molecular complexity index is 1200. The van der Waals surface area contributed by atoms with Gasteiger partial charge in [0.1, 0.15) is 4.90 Å². The van der Waals surface area contributed by atoms with Crippen molar-refractivity contribution < 1.29 is 13.3 Å². The van der Waals surface area contributed by atoms with Gasteiger partial charge in [-0.05, 0) is 43.3 Å². The molecule has 3 rings (SSSR count). The molecule has 0 aliphatic heterocycles. The molecule has 11 heteroatoms. The number of pyridine rings is 1. The van der Waals surface area contributed by atoms with Gasteiger partial charge in [0.25, 0.3) is 15.7 Å². The number of hydrogen-bond acceptors (Lipinski definition) is 7. The number of halogens is 1. The third-order valence-electron chi connectivity index (χ3n) is 3.99. The maximum absolute atomic E-state index is 12.9. The Balaban J connectivity index is 1.97. The molecule has 2 N–H and O–H groups in total. The van der Waals surface area contributed by atoms with Crippen molar-refractivity contribution >= 4 is 44.4 Å². The zero-order valence-corrected chi connectivity index (χ0v) is 17.2. The van der Waals surface area contributed by atoms with E-state index in [4.69, 9.17) is 11.6 Å². The second-order valence-electron chi connectivity index (χ2n) is 6.10. The summed E-state index contributed by atoms with van der Waals surface area (Å²) in [5.74, 6) is 0. The summed E-state index contributed by atoms with van der Waals surface area (Å²) in [5, 5.41) is 15.8. The fourth-order valence-corrected chi connectivity index (χ4v) is 3.81. The highest BCUT2D eigenvalue weighted by molar-refractivity contribution is 7.92. The van der Waals surface area contributed by atoms with Crippen molar-refractivity contribution in [3.05, 3.63) is 87.7 Å². The molecule has 0 aliphatic carbocycles. The van der Waals surface area contributed by atoms with Crippen molar-refractivity contribution in [3.8, 4) is 0 Å². The molecule has 0 amide bonds. The minimum Gasteiger partial charge on any atom is -0.280 e. The average molecular weight is 446 g/mol. The molecule has 0 radical (unpaired) electrons. The first-order valence-electron chi connectivity index (χ1n) is 8.54. The number of anilines is 2. The number of aromatic nitrogens is 1. The lowest BCUT2D eigenvalue weighted by Gasteiger charge is -2.12. The number of rotatable bonds is 7. The second kappa shape index (κ2) is 8.89. The molecule has 0 atom stereocenters. The van der Waals surface area contributed by atoms with Gasteiger partial charge in [-0.3, -0.25) is 25.2 Å². The van der Waals surface area contributed by atoms with E-state index in [1.54, 1.807) is 31.5 Å². The fourth-order valence-electron chi connectivity index (χ4n) is 2.45. The van der Waals surface area contributed by atoms with Gasteiger partial charge in [0.2, 0.25) is 0 Å². The zero-order chi connectivity index (χ0) is 21.7. The van der Waals surface area contributed by atoms with E-state index in [-0.39, 0.29) is 22.0 Å². The fraction of sp³-hybridized carbons (Fsp3) is 0.0526. The molecular formula is C19H16ClN5O4S. The van der Waals surface area contributed by atoms with Crippen LogP contribution in [0.25, 0.3) is 0 Å². The number of nitro groups is 1. The largest absolute Gasteiger partial charge is 0.280 e. The van der Waals surface area contributed by atoms with Crippen LogP contribution in [0, 0.1) is 10.1 Å². The lowest BCUT2D eigenvalue weighted by molar-refractivity contribution is -0.385. The molecule has 0 unspecified atom stereocenters. The third-order valence-corrected chi connectivity index (χ3v) is 5.66. The van der Waals surface area contributed by atoms with Gasteiger partial charge in [-0.2, -0.15) is 5.10 Å². The summed E-state index contributed by atoms with van der Waals surface area (Å²) in [5.41, 5.74) is 3.92. The molecule has 0 aliphatic rings. The molecule has 3 aromatic rings. The van der Waals surface area contributed by atoms with Gasteiger partial charge in [-0.15, -0.1) is 0 Å². The standard InChI is InChI=1S/C19H16ClN5O4S/c1-13(14-3-2-10-21-12-14)22-23-18-9-8-17(25(26)27)11-19(18)30(28,29)24-16-6-4-15(20)5-7-16/h2-12,23-24H,1H3/b22-13-. The normalized spacial score (nSPS) is 11.7. The van der Waals surface area contributed by atoms with Crippen molar-refractivity contribution in [2.24, 2.45) is 5.10 Å². The molecular weight excluding hydrogens is 430 g/mol. The summed E-state index contributed by atoms with van der Waals surface area (Å²) in [6.45, 7) is 1.72. The number of non-ortho nitro benzene ring substituents is 1. The van der Waals surface area contributed by atoms with Crippen molar-refractivity contribution in [1.82, 2.24) is 4.98 Å². The Morgan fingerprint density at radius 1 is 1.17 bits per heavy atom. The molecule has 154 valence electrons. The first kappa shape index (κ1) is 21.2. The smallest absolute Gasteiger partial charge is 0.270 e. The SMILES string of the molecule is C/C(=N/Nc1ccc([N+](=O)[O-])cc1S(=O)(=O)Nc1ccc(Cl)cc1)c1cccnc1. The number of benzene rings is 2.